The molecule has 0 spiro atoms. The van der Waals surface area contributed by atoms with E-state index in [1.54, 1.807) is 6.07 Å². The minimum absolute atomic E-state index is 0.260. The third kappa shape index (κ3) is 4.20. The van der Waals surface area contributed by atoms with Crippen molar-refractivity contribution in [2.75, 3.05) is 12.3 Å². The van der Waals surface area contributed by atoms with Crippen molar-refractivity contribution in [3.63, 3.8) is 0 Å². The van der Waals surface area contributed by atoms with Crippen LogP contribution in [0.4, 0.5) is 5.95 Å². The molecule has 5 heteroatoms. The van der Waals surface area contributed by atoms with Gasteiger partial charge in [0.05, 0.1) is 5.69 Å². The van der Waals surface area contributed by atoms with Gasteiger partial charge in [0.25, 0.3) is 0 Å². The van der Waals surface area contributed by atoms with Crippen LogP contribution in [-0.4, -0.2) is 27.7 Å². The first-order valence-corrected chi connectivity index (χ1v) is 8.28. The summed E-state index contributed by atoms with van der Waals surface area (Å²) >= 11 is 0. The molecule has 2 aromatic rings. The Morgan fingerprint density at radius 1 is 1.22 bits per heavy atom. The first-order chi connectivity index (χ1) is 11.1. The molecule has 0 saturated carbocycles. The third-order valence-corrected chi connectivity index (χ3v) is 4.34. The highest BCUT2D eigenvalue weighted by atomic mass is 16.3. The van der Waals surface area contributed by atoms with Crippen molar-refractivity contribution in [1.29, 1.82) is 0 Å². The number of nitrogens with two attached hydrogens (primary N) is 1. The topological polar surface area (TPSA) is 84.1 Å². The van der Waals surface area contributed by atoms with Crippen LogP contribution in [0.3, 0.4) is 0 Å². The maximum Gasteiger partial charge on any atom is 0.220 e. The lowest BCUT2D eigenvalue weighted by Crippen LogP contribution is -2.34. The zero-order chi connectivity index (χ0) is 16.2. The molecule has 1 aliphatic heterocycles. The van der Waals surface area contributed by atoms with Gasteiger partial charge >= 0.3 is 0 Å². The lowest BCUT2D eigenvalue weighted by atomic mass is 9.96. The molecule has 1 fully saturated rings. The Hall–Kier alpha value is -2.14. The van der Waals surface area contributed by atoms with Gasteiger partial charge in [0.1, 0.15) is 5.75 Å². The number of piperidine rings is 1. The van der Waals surface area contributed by atoms with Crippen molar-refractivity contribution >= 4 is 5.95 Å². The lowest BCUT2D eigenvalue weighted by Gasteiger charge is -2.23. The molecule has 122 valence electrons. The van der Waals surface area contributed by atoms with E-state index < -0.39 is 0 Å². The molecule has 0 aliphatic carbocycles. The number of anilines is 1. The van der Waals surface area contributed by atoms with Crippen molar-refractivity contribution in [3.05, 3.63) is 35.5 Å². The fourth-order valence-electron chi connectivity index (χ4n) is 3.22. The van der Waals surface area contributed by atoms with E-state index in [4.69, 9.17) is 5.73 Å². The highest BCUT2D eigenvalue weighted by molar-refractivity contribution is 5.63. The lowest BCUT2D eigenvalue weighted by molar-refractivity contribution is 0.382. The zero-order valence-corrected chi connectivity index (χ0v) is 13.5. The van der Waals surface area contributed by atoms with E-state index in [0.29, 0.717) is 6.04 Å². The molecule has 0 bridgehead atoms. The molecule has 1 saturated heterocycles. The molecular weight excluding hydrogens is 288 g/mol. The summed E-state index contributed by atoms with van der Waals surface area (Å²) in [5.41, 5.74) is 9.32. The monoisotopic (exact) mass is 312 g/mol. The van der Waals surface area contributed by atoms with Gasteiger partial charge in [-0.15, -0.1) is 0 Å². The molecule has 1 atom stereocenters. The fourth-order valence-corrected chi connectivity index (χ4v) is 3.22. The first kappa shape index (κ1) is 15.7. The van der Waals surface area contributed by atoms with E-state index in [0.717, 1.165) is 41.9 Å². The van der Waals surface area contributed by atoms with Crippen molar-refractivity contribution < 1.29 is 5.11 Å². The number of nitrogens with one attached hydrogen (secondary N) is 1. The number of hydrogen-bond donors (Lipinski definition) is 3. The van der Waals surface area contributed by atoms with Crippen molar-refractivity contribution in [1.82, 2.24) is 15.3 Å². The number of hydrogen-bond acceptors (Lipinski definition) is 5. The van der Waals surface area contributed by atoms with Gasteiger partial charge in [-0.2, -0.15) is 0 Å². The Bertz CT molecular complexity index is 660. The van der Waals surface area contributed by atoms with Gasteiger partial charge in [0, 0.05) is 17.3 Å². The van der Waals surface area contributed by atoms with Crippen LogP contribution in [0.25, 0.3) is 11.3 Å². The highest BCUT2D eigenvalue weighted by Crippen LogP contribution is 2.26. The van der Waals surface area contributed by atoms with E-state index in [2.05, 4.69) is 21.4 Å². The molecular formula is C18H24N4O. The van der Waals surface area contributed by atoms with Crippen LogP contribution in [-0.2, 0) is 6.42 Å². The van der Waals surface area contributed by atoms with Crippen molar-refractivity contribution in [2.45, 2.75) is 45.1 Å². The maximum absolute atomic E-state index is 10.0. The van der Waals surface area contributed by atoms with Crippen LogP contribution in [0.2, 0.25) is 0 Å². The predicted octanol–water partition coefficient (Wildman–Crippen LogP) is 2.81. The number of phenols is 1. The van der Waals surface area contributed by atoms with Crippen LogP contribution < -0.4 is 11.1 Å². The molecule has 1 unspecified atom stereocenters. The number of aromatic nitrogens is 2. The average molecular weight is 312 g/mol. The number of aryl methyl sites for hydroxylation is 2. The number of nitrogen functional groups attached to an aromatic ring is 1. The van der Waals surface area contributed by atoms with Crippen LogP contribution in [0.15, 0.2) is 24.3 Å². The number of aromatic hydroxyl groups is 1. The van der Waals surface area contributed by atoms with E-state index in [1.807, 2.05) is 19.1 Å². The summed E-state index contributed by atoms with van der Waals surface area (Å²) in [4.78, 5) is 8.38. The molecule has 2 heterocycles. The quantitative estimate of drug-likeness (QED) is 0.808. The van der Waals surface area contributed by atoms with Crippen LogP contribution in [0.5, 0.6) is 5.75 Å². The van der Waals surface area contributed by atoms with Crippen molar-refractivity contribution in [3.8, 4) is 17.0 Å². The number of benzene rings is 1. The molecule has 4 N–H and O–H groups in total. The Labute approximate surface area is 137 Å². The summed E-state index contributed by atoms with van der Waals surface area (Å²) in [6.07, 6.45) is 5.86. The molecule has 3 rings (SSSR count). The van der Waals surface area contributed by atoms with Crippen LogP contribution >= 0.6 is 0 Å². The first-order valence-electron chi connectivity index (χ1n) is 8.28. The Kier molecular flexibility index (Phi) is 4.76. The largest absolute Gasteiger partial charge is 0.508 e. The standard InChI is InChI=1S/C18H24N4O/c1-12-8-17(22-18(19)21-12)14-9-13(10-16(23)11-14)5-6-15-4-2-3-7-20-15/h8-11,15,20,23H,2-7H2,1H3,(H2,19,21,22). The molecule has 1 aromatic carbocycles. The zero-order valence-electron chi connectivity index (χ0n) is 13.5. The number of rotatable bonds is 4. The molecule has 1 aromatic heterocycles. The van der Waals surface area contributed by atoms with E-state index in [-0.39, 0.29) is 11.7 Å². The number of phenolic OH excluding ortho intramolecular Hbond substituents is 1. The van der Waals surface area contributed by atoms with Crippen LogP contribution in [0, 0.1) is 6.92 Å². The van der Waals surface area contributed by atoms with Gasteiger partial charge in [-0.3, -0.25) is 0 Å². The van der Waals surface area contributed by atoms with Gasteiger partial charge in [-0.1, -0.05) is 6.42 Å². The summed E-state index contributed by atoms with van der Waals surface area (Å²) in [7, 11) is 0. The Morgan fingerprint density at radius 3 is 2.83 bits per heavy atom. The fraction of sp³-hybridized carbons (Fsp3) is 0.444. The minimum atomic E-state index is 0.260. The SMILES string of the molecule is Cc1cc(-c2cc(O)cc(CCC3CCCCN3)c2)nc(N)n1. The summed E-state index contributed by atoms with van der Waals surface area (Å²) in [5.74, 6) is 0.528. The van der Waals surface area contributed by atoms with Crippen LogP contribution in [0.1, 0.15) is 36.9 Å². The predicted molar refractivity (Wildman–Crippen MR) is 92.2 cm³/mol. The van der Waals surface area contributed by atoms with Crippen molar-refractivity contribution in [2.24, 2.45) is 0 Å². The maximum atomic E-state index is 10.0. The molecule has 1 aliphatic rings. The molecule has 5 nitrogen and oxygen atoms in total. The summed E-state index contributed by atoms with van der Waals surface area (Å²) in [5, 5.41) is 13.6. The second kappa shape index (κ2) is 6.96. The third-order valence-electron chi connectivity index (χ3n) is 4.34. The summed E-state index contributed by atoms with van der Waals surface area (Å²) < 4.78 is 0. The van der Waals surface area contributed by atoms with Gasteiger partial charge in [0.15, 0.2) is 0 Å². The Morgan fingerprint density at radius 2 is 2.09 bits per heavy atom. The summed E-state index contributed by atoms with van der Waals surface area (Å²) in [6.45, 7) is 3.01. The van der Waals surface area contributed by atoms with Gasteiger partial charge in [0.2, 0.25) is 5.95 Å². The van der Waals surface area contributed by atoms with Gasteiger partial charge in [-0.05, 0) is 69.0 Å². The number of nitrogens with zero attached hydrogens (tertiary/aromatic N) is 2. The minimum Gasteiger partial charge on any atom is -0.508 e. The Balaban J connectivity index is 1.78. The second-order valence-electron chi connectivity index (χ2n) is 6.33. The molecule has 0 radical (unpaired) electrons. The second-order valence-corrected chi connectivity index (χ2v) is 6.33. The van der Waals surface area contributed by atoms with Gasteiger partial charge < -0.3 is 16.2 Å². The van der Waals surface area contributed by atoms with Gasteiger partial charge in [-0.25, -0.2) is 9.97 Å². The molecule has 0 amide bonds. The normalized spacial score (nSPS) is 18.0. The average Bonchev–Trinajstić information content (AvgIpc) is 2.52. The van der Waals surface area contributed by atoms with E-state index in [1.165, 1.54) is 19.3 Å². The molecule has 23 heavy (non-hydrogen) atoms. The highest BCUT2D eigenvalue weighted by Gasteiger charge is 2.13. The summed E-state index contributed by atoms with van der Waals surface area (Å²) in [6, 6.07) is 8.13. The van der Waals surface area contributed by atoms with E-state index >= 15 is 0 Å². The van der Waals surface area contributed by atoms with E-state index in [9.17, 15) is 5.11 Å². The smallest absolute Gasteiger partial charge is 0.220 e.